The molecule has 144 valence electrons. The highest BCUT2D eigenvalue weighted by Crippen LogP contribution is 2.24. The van der Waals surface area contributed by atoms with Crippen LogP contribution in [0.4, 0.5) is 0 Å². The number of nitrogens with one attached hydrogen (secondary N) is 1. The summed E-state index contributed by atoms with van der Waals surface area (Å²) >= 11 is 0. The third-order valence-electron chi connectivity index (χ3n) is 5.30. The Morgan fingerprint density at radius 1 is 1.00 bits per heavy atom. The van der Waals surface area contributed by atoms with Crippen LogP contribution in [-0.2, 0) is 6.54 Å². The molecule has 1 aliphatic heterocycles. The van der Waals surface area contributed by atoms with Gasteiger partial charge in [-0.2, -0.15) is 5.10 Å². The number of nitrogens with zero attached hydrogens (tertiary/aromatic N) is 3. The number of likely N-dealkylation sites (tertiary alicyclic amines) is 1. The lowest BCUT2D eigenvalue weighted by atomic mass is 10.1. The van der Waals surface area contributed by atoms with E-state index in [1.807, 2.05) is 30.5 Å². The Morgan fingerprint density at radius 3 is 2.39 bits per heavy atom. The molecule has 1 aromatic heterocycles. The zero-order valence-corrected chi connectivity index (χ0v) is 16.0. The first-order valence-corrected chi connectivity index (χ1v) is 9.93. The molecule has 1 unspecified atom stereocenters. The van der Waals surface area contributed by atoms with Crippen LogP contribution in [0.25, 0.3) is 0 Å². The zero-order valence-electron chi connectivity index (χ0n) is 16.0. The lowest BCUT2D eigenvalue weighted by Crippen LogP contribution is -2.36. The van der Waals surface area contributed by atoms with E-state index in [-0.39, 0.29) is 11.9 Å². The van der Waals surface area contributed by atoms with E-state index in [2.05, 4.69) is 51.7 Å². The number of carbonyl (C=O) groups is 1. The largest absolute Gasteiger partial charge is 0.350 e. The molecule has 1 aliphatic rings. The molecule has 0 aliphatic carbocycles. The lowest BCUT2D eigenvalue weighted by Gasteiger charge is -2.28. The number of amides is 1. The average molecular weight is 374 g/mol. The van der Waals surface area contributed by atoms with Crippen LogP contribution in [0.5, 0.6) is 0 Å². The monoisotopic (exact) mass is 374 g/mol. The Morgan fingerprint density at radius 2 is 1.68 bits per heavy atom. The molecular weight excluding hydrogens is 348 g/mol. The smallest absolute Gasteiger partial charge is 0.254 e. The zero-order chi connectivity index (χ0) is 19.2. The minimum absolute atomic E-state index is 0.0700. The van der Waals surface area contributed by atoms with Crippen molar-refractivity contribution < 1.29 is 4.79 Å². The maximum absolute atomic E-state index is 12.7. The highest BCUT2D eigenvalue weighted by atomic mass is 16.1. The average Bonchev–Trinajstić information content (AvgIpc) is 3.42. The fourth-order valence-corrected chi connectivity index (χ4v) is 3.82. The predicted octanol–water partition coefficient (Wildman–Crippen LogP) is 3.50. The normalized spacial score (nSPS) is 15.4. The van der Waals surface area contributed by atoms with E-state index in [1.54, 1.807) is 10.9 Å². The minimum atomic E-state index is -0.0700. The summed E-state index contributed by atoms with van der Waals surface area (Å²) in [5.74, 6) is -0.0700. The molecule has 1 N–H and O–H groups in total. The van der Waals surface area contributed by atoms with Gasteiger partial charge in [0.2, 0.25) is 0 Å². The molecule has 1 amide bonds. The number of hydrogen-bond acceptors (Lipinski definition) is 3. The van der Waals surface area contributed by atoms with E-state index >= 15 is 0 Å². The predicted molar refractivity (Wildman–Crippen MR) is 110 cm³/mol. The molecule has 0 bridgehead atoms. The van der Waals surface area contributed by atoms with E-state index < -0.39 is 0 Å². The van der Waals surface area contributed by atoms with Crippen LogP contribution in [0.2, 0.25) is 0 Å². The van der Waals surface area contributed by atoms with Crippen molar-refractivity contribution in [2.45, 2.75) is 25.4 Å². The topological polar surface area (TPSA) is 50.2 Å². The van der Waals surface area contributed by atoms with Crippen molar-refractivity contribution >= 4 is 5.91 Å². The van der Waals surface area contributed by atoms with Gasteiger partial charge in [0.05, 0.1) is 24.3 Å². The van der Waals surface area contributed by atoms with E-state index in [1.165, 1.54) is 18.4 Å². The summed E-state index contributed by atoms with van der Waals surface area (Å²) in [5.41, 5.74) is 3.02. The number of rotatable bonds is 7. The lowest BCUT2D eigenvalue weighted by molar-refractivity contribution is 0.0938. The second kappa shape index (κ2) is 8.85. The van der Waals surface area contributed by atoms with Gasteiger partial charge in [0.15, 0.2) is 0 Å². The molecule has 0 radical (unpaired) electrons. The first-order chi connectivity index (χ1) is 13.8. The fourth-order valence-electron chi connectivity index (χ4n) is 3.82. The van der Waals surface area contributed by atoms with Gasteiger partial charge in [-0.25, -0.2) is 0 Å². The summed E-state index contributed by atoms with van der Waals surface area (Å²) in [6.07, 6.45) is 5.91. The quantitative estimate of drug-likeness (QED) is 0.689. The number of carbonyl (C=O) groups excluding carboxylic acids is 1. The van der Waals surface area contributed by atoms with Crippen LogP contribution in [0.3, 0.4) is 0 Å². The maximum Gasteiger partial charge on any atom is 0.254 e. The van der Waals surface area contributed by atoms with E-state index in [0.717, 1.165) is 18.7 Å². The highest BCUT2D eigenvalue weighted by Gasteiger charge is 2.24. The molecule has 1 atom stereocenters. The third-order valence-corrected chi connectivity index (χ3v) is 5.30. The van der Waals surface area contributed by atoms with Gasteiger partial charge in [-0.3, -0.25) is 14.4 Å². The van der Waals surface area contributed by atoms with Crippen LogP contribution in [-0.4, -0.2) is 40.2 Å². The Labute approximate surface area is 166 Å². The van der Waals surface area contributed by atoms with Crippen LogP contribution in [0, 0.1) is 0 Å². The summed E-state index contributed by atoms with van der Waals surface area (Å²) in [4.78, 5) is 15.1. The second-order valence-electron chi connectivity index (χ2n) is 7.29. The molecule has 2 heterocycles. The number of hydrogen-bond donors (Lipinski definition) is 1. The standard InChI is InChI=1S/C23H26N4O/c28-23(21-15-25-27(18-21)17-19-9-3-1-4-10-19)24-16-22(26-13-7-8-14-26)20-11-5-2-6-12-20/h1-6,9-12,15,18,22H,7-8,13-14,16-17H2,(H,24,28). The van der Waals surface area contributed by atoms with Gasteiger partial charge in [-0.15, -0.1) is 0 Å². The molecule has 5 heteroatoms. The van der Waals surface area contributed by atoms with Crippen molar-refractivity contribution in [2.75, 3.05) is 19.6 Å². The van der Waals surface area contributed by atoms with Crippen LogP contribution >= 0.6 is 0 Å². The van der Waals surface area contributed by atoms with Crippen molar-refractivity contribution in [3.05, 3.63) is 89.7 Å². The van der Waals surface area contributed by atoms with Crippen molar-refractivity contribution in [3.8, 4) is 0 Å². The molecule has 1 saturated heterocycles. The highest BCUT2D eigenvalue weighted by molar-refractivity contribution is 5.93. The summed E-state index contributed by atoms with van der Waals surface area (Å²) in [6.45, 7) is 3.44. The molecule has 4 rings (SSSR count). The van der Waals surface area contributed by atoms with Crippen LogP contribution < -0.4 is 5.32 Å². The molecule has 3 aromatic rings. The Hall–Kier alpha value is -2.92. The summed E-state index contributed by atoms with van der Waals surface area (Å²) in [7, 11) is 0. The Kier molecular flexibility index (Phi) is 5.83. The maximum atomic E-state index is 12.7. The van der Waals surface area contributed by atoms with E-state index in [4.69, 9.17) is 0 Å². The van der Waals surface area contributed by atoms with Crippen molar-refractivity contribution in [1.82, 2.24) is 20.0 Å². The number of benzene rings is 2. The van der Waals surface area contributed by atoms with Gasteiger partial charge >= 0.3 is 0 Å². The molecular formula is C23H26N4O. The Balaban J connectivity index is 1.40. The molecule has 28 heavy (non-hydrogen) atoms. The van der Waals surface area contributed by atoms with Gasteiger partial charge < -0.3 is 5.32 Å². The minimum Gasteiger partial charge on any atom is -0.350 e. The van der Waals surface area contributed by atoms with Crippen LogP contribution in [0.15, 0.2) is 73.1 Å². The van der Waals surface area contributed by atoms with Crippen molar-refractivity contribution in [3.63, 3.8) is 0 Å². The Bertz CT molecular complexity index is 885. The number of aromatic nitrogens is 2. The van der Waals surface area contributed by atoms with Gasteiger partial charge in [0.1, 0.15) is 0 Å². The van der Waals surface area contributed by atoms with Gasteiger partial charge in [-0.05, 0) is 37.1 Å². The third kappa shape index (κ3) is 4.49. The molecule has 0 spiro atoms. The summed E-state index contributed by atoms with van der Waals surface area (Å²) in [5, 5.41) is 7.46. The van der Waals surface area contributed by atoms with E-state index in [9.17, 15) is 4.79 Å². The van der Waals surface area contributed by atoms with Gasteiger partial charge in [0.25, 0.3) is 5.91 Å². The second-order valence-corrected chi connectivity index (χ2v) is 7.29. The van der Waals surface area contributed by atoms with E-state index in [0.29, 0.717) is 18.7 Å². The molecule has 0 saturated carbocycles. The molecule has 5 nitrogen and oxygen atoms in total. The van der Waals surface area contributed by atoms with Crippen molar-refractivity contribution in [1.29, 1.82) is 0 Å². The SMILES string of the molecule is O=C(NCC(c1ccccc1)N1CCCC1)c1cnn(Cc2ccccc2)c1. The summed E-state index contributed by atoms with van der Waals surface area (Å²) in [6, 6.07) is 20.8. The first kappa shape index (κ1) is 18.4. The van der Waals surface area contributed by atoms with Crippen molar-refractivity contribution in [2.24, 2.45) is 0 Å². The van der Waals surface area contributed by atoms with Gasteiger partial charge in [0, 0.05) is 12.7 Å². The molecule has 2 aromatic carbocycles. The van der Waals surface area contributed by atoms with Crippen LogP contribution in [0.1, 0.15) is 40.4 Å². The summed E-state index contributed by atoms with van der Waals surface area (Å²) < 4.78 is 1.80. The first-order valence-electron chi connectivity index (χ1n) is 9.93. The van der Waals surface area contributed by atoms with Gasteiger partial charge in [-0.1, -0.05) is 60.7 Å². The fraction of sp³-hybridized carbons (Fsp3) is 0.304. The molecule has 1 fully saturated rings.